The van der Waals surface area contributed by atoms with E-state index in [1.165, 1.54) is 18.4 Å². The van der Waals surface area contributed by atoms with Crippen molar-refractivity contribution in [2.24, 2.45) is 0 Å². The Bertz CT molecular complexity index is 1030. The van der Waals surface area contributed by atoms with Crippen LogP contribution in [0.25, 0.3) is 11.4 Å². The van der Waals surface area contributed by atoms with Crippen molar-refractivity contribution < 1.29 is 9.53 Å². The summed E-state index contributed by atoms with van der Waals surface area (Å²) in [6.07, 6.45) is 2.35. The molecule has 166 valence electrons. The number of rotatable bonds is 7. The first-order valence-electron chi connectivity index (χ1n) is 11.2. The monoisotopic (exact) mass is 432 g/mol. The first-order valence-corrected chi connectivity index (χ1v) is 11.2. The van der Waals surface area contributed by atoms with Gasteiger partial charge in [0.05, 0.1) is 12.7 Å². The number of nitrogens with zero attached hydrogens (tertiary/aromatic N) is 3. The average molecular weight is 433 g/mol. The molecule has 2 aromatic carbocycles. The Labute approximate surface area is 187 Å². The van der Waals surface area contributed by atoms with Crippen molar-refractivity contribution >= 4 is 11.7 Å². The lowest BCUT2D eigenvalue weighted by Gasteiger charge is -2.33. The van der Waals surface area contributed by atoms with Gasteiger partial charge in [0.1, 0.15) is 5.82 Å². The normalized spacial score (nSPS) is 18.9. The number of carbonyl (C=O) groups is 1. The molecule has 5 rings (SSSR count). The van der Waals surface area contributed by atoms with Crippen LogP contribution in [0, 0.1) is 0 Å². The minimum absolute atomic E-state index is 0.0213. The number of hydrogen-bond donors (Lipinski definition) is 3. The second-order valence-corrected chi connectivity index (χ2v) is 8.44. The maximum atomic E-state index is 12.3. The van der Waals surface area contributed by atoms with Gasteiger partial charge in [-0.1, -0.05) is 30.3 Å². The van der Waals surface area contributed by atoms with Gasteiger partial charge in [-0.3, -0.25) is 10.00 Å². The highest BCUT2D eigenvalue weighted by molar-refractivity contribution is 5.89. The molecule has 3 N–H and O–H groups in total. The molecule has 8 nitrogen and oxygen atoms in total. The maximum Gasteiger partial charge on any atom is 0.319 e. The number of aromatic amines is 1. The lowest BCUT2D eigenvalue weighted by molar-refractivity contribution is -0.0285. The van der Waals surface area contributed by atoms with Crippen LogP contribution in [0.1, 0.15) is 30.1 Å². The first-order chi connectivity index (χ1) is 15.7. The number of aromatic nitrogens is 3. The standard InChI is InChI=1S/C24H28N6O2/c31-24(25-14-21-16-30(12-13-32-21)15-17-4-2-1-3-5-17)26-20-10-8-19(9-11-20)23-27-22(28-29-23)18-6-7-18/h1-5,8-11,18,21H,6-7,12-16H2,(H2,25,26,31)(H,27,28,29). The Morgan fingerprint density at radius 3 is 2.72 bits per heavy atom. The third-order valence-corrected chi connectivity index (χ3v) is 5.83. The van der Waals surface area contributed by atoms with Gasteiger partial charge in [0.2, 0.25) is 0 Å². The molecule has 3 aromatic rings. The summed E-state index contributed by atoms with van der Waals surface area (Å²) in [5.41, 5.74) is 2.93. The predicted octanol–water partition coefficient (Wildman–Crippen LogP) is 3.37. The van der Waals surface area contributed by atoms with Crippen LogP contribution in [-0.2, 0) is 11.3 Å². The van der Waals surface area contributed by atoms with Crippen LogP contribution < -0.4 is 10.6 Å². The maximum absolute atomic E-state index is 12.3. The molecule has 1 atom stereocenters. The fraction of sp³-hybridized carbons (Fsp3) is 0.375. The van der Waals surface area contributed by atoms with E-state index >= 15 is 0 Å². The molecule has 0 spiro atoms. The molecule has 0 radical (unpaired) electrons. The zero-order chi connectivity index (χ0) is 21.8. The Hall–Kier alpha value is -3.23. The number of hydrogen-bond acceptors (Lipinski definition) is 5. The van der Waals surface area contributed by atoms with Crippen molar-refractivity contribution in [3.8, 4) is 11.4 Å². The highest BCUT2D eigenvalue weighted by Gasteiger charge is 2.27. The molecule has 1 aliphatic heterocycles. The van der Waals surface area contributed by atoms with E-state index < -0.39 is 0 Å². The number of morpholine rings is 1. The average Bonchev–Trinajstić information content (AvgIpc) is 3.56. The van der Waals surface area contributed by atoms with E-state index in [4.69, 9.17) is 4.74 Å². The fourth-order valence-electron chi connectivity index (χ4n) is 3.92. The molecule has 2 fully saturated rings. The van der Waals surface area contributed by atoms with Gasteiger partial charge in [-0.2, -0.15) is 5.10 Å². The number of carbonyl (C=O) groups excluding carboxylic acids is 1. The molecular weight excluding hydrogens is 404 g/mol. The van der Waals surface area contributed by atoms with Crippen LogP contribution in [0.3, 0.4) is 0 Å². The Morgan fingerprint density at radius 2 is 1.94 bits per heavy atom. The summed E-state index contributed by atoms with van der Waals surface area (Å²) in [5.74, 6) is 2.20. The van der Waals surface area contributed by atoms with Gasteiger partial charge in [0.15, 0.2) is 5.82 Å². The smallest absolute Gasteiger partial charge is 0.319 e. The minimum atomic E-state index is -0.240. The highest BCUT2D eigenvalue weighted by atomic mass is 16.5. The minimum Gasteiger partial charge on any atom is -0.374 e. The highest BCUT2D eigenvalue weighted by Crippen LogP contribution is 2.38. The summed E-state index contributed by atoms with van der Waals surface area (Å²) in [5, 5.41) is 13.1. The summed E-state index contributed by atoms with van der Waals surface area (Å²) in [6.45, 7) is 3.73. The first kappa shape index (κ1) is 20.7. The zero-order valence-corrected chi connectivity index (χ0v) is 18.0. The predicted molar refractivity (Wildman–Crippen MR) is 122 cm³/mol. The Morgan fingerprint density at radius 1 is 1.12 bits per heavy atom. The molecular formula is C24H28N6O2. The van der Waals surface area contributed by atoms with Gasteiger partial charge < -0.3 is 15.4 Å². The topological polar surface area (TPSA) is 95.2 Å². The van der Waals surface area contributed by atoms with E-state index in [-0.39, 0.29) is 12.1 Å². The van der Waals surface area contributed by atoms with Crippen molar-refractivity contribution in [3.63, 3.8) is 0 Å². The number of urea groups is 1. The summed E-state index contributed by atoms with van der Waals surface area (Å²) in [6, 6.07) is 17.7. The van der Waals surface area contributed by atoms with Crippen LogP contribution in [0.15, 0.2) is 54.6 Å². The van der Waals surface area contributed by atoms with Gasteiger partial charge >= 0.3 is 6.03 Å². The molecule has 1 unspecified atom stereocenters. The number of ether oxygens (including phenoxy) is 1. The zero-order valence-electron chi connectivity index (χ0n) is 18.0. The van der Waals surface area contributed by atoms with E-state index in [0.29, 0.717) is 24.9 Å². The van der Waals surface area contributed by atoms with Crippen LogP contribution in [0.4, 0.5) is 10.5 Å². The van der Waals surface area contributed by atoms with Crippen LogP contribution in [-0.4, -0.2) is 58.5 Å². The SMILES string of the molecule is O=C(NCC1CN(Cc2ccccc2)CCO1)Nc1ccc(-c2n[nH]c(C3CC3)n2)cc1. The largest absolute Gasteiger partial charge is 0.374 e. The van der Waals surface area contributed by atoms with Gasteiger partial charge in [0, 0.05) is 43.3 Å². The molecule has 1 aliphatic carbocycles. The molecule has 1 saturated carbocycles. The molecule has 0 bridgehead atoms. The van der Waals surface area contributed by atoms with Gasteiger partial charge in [0.25, 0.3) is 0 Å². The molecule has 2 aliphatic rings. The van der Waals surface area contributed by atoms with Gasteiger partial charge in [-0.05, 0) is 42.7 Å². The van der Waals surface area contributed by atoms with E-state index in [9.17, 15) is 4.79 Å². The van der Waals surface area contributed by atoms with Crippen LogP contribution in [0.5, 0.6) is 0 Å². The fourth-order valence-corrected chi connectivity index (χ4v) is 3.92. The van der Waals surface area contributed by atoms with Crippen molar-refractivity contribution in [2.75, 3.05) is 31.6 Å². The number of nitrogens with one attached hydrogen (secondary N) is 3. The second kappa shape index (κ2) is 9.50. The van der Waals surface area contributed by atoms with E-state index in [0.717, 1.165) is 36.7 Å². The van der Waals surface area contributed by atoms with Crippen molar-refractivity contribution in [2.45, 2.75) is 31.4 Å². The quantitative estimate of drug-likeness (QED) is 0.532. The lowest BCUT2D eigenvalue weighted by atomic mass is 10.2. The third kappa shape index (κ3) is 5.33. The van der Waals surface area contributed by atoms with E-state index in [1.807, 2.05) is 30.3 Å². The van der Waals surface area contributed by atoms with Crippen molar-refractivity contribution in [3.05, 3.63) is 66.0 Å². The lowest BCUT2D eigenvalue weighted by Crippen LogP contribution is -2.47. The molecule has 2 amide bonds. The van der Waals surface area contributed by atoms with Crippen molar-refractivity contribution in [1.29, 1.82) is 0 Å². The van der Waals surface area contributed by atoms with Crippen LogP contribution >= 0.6 is 0 Å². The summed E-state index contributed by atoms with van der Waals surface area (Å²) < 4.78 is 5.83. The summed E-state index contributed by atoms with van der Waals surface area (Å²) in [7, 11) is 0. The number of benzene rings is 2. The second-order valence-electron chi connectivity index (χ2n) is 8.44. The summed E-state index contributed by atoms with van der Waals surface area (Å²) >= 11 is 0. The molecule has 1 saturated heterocycles. The van der Waals surface area contributed by atoms with Gasteiger partial charge in [-0.15, -0.1) is 0 Å². The third-order valence-electron chi connectivity index (χ3n) is 5.83. The Kier molecular flexibility index (Phi) is 6.13. The summed E-state index contributed by atoms with van der Waals surface area (Å²) in [4.78, 5) is 19.3. The molecule has 32 heavy (non-hydrogen) atoms. The number of H-pyrrole nitrogens is 1. The van der Waals surface area contributed by atoms with Gasteiger partial charge in [-0.25, -0.2) is 9.78 Å². The van der Waals surface area contributed by atoms with E-state index in [1.54, 1.807) is 0 Å². The molecule has 8 heteroatoms. The molecule has 2 heterocycles. The van der Waals surface area contributed by atoms with Crippen molar-refractivity contribution in [1.82, 2.24) is 25.4 Å². The Balaban J connectivity index is 1.08. The number of amides is 2. The van der Waals surface area contributed by atoms with E-state index in [2.05, 4.69) is 55.0 Å². The number of anilines is 1. The van der Waals surface area contributed by atoms with Crippen LogP contribution in [0.2, 0.25) is 0 Å². The molecule has 1 aromatic heterocycles.